The van der Waals surface area contributed by atoms with Gasteiger partial charge in [0.05, 0.1) is 12.0 Å². The summed E-state index contributed by atoms with van der Waals surface area (Å²) in [4.78, 5) is -0.0645. The van der Waals surface area contributed by atoms with E-state index in [1.165, 1.54) is 19.2 Å². The second kappa shape index (κ2) is 5.46. The Morgan fingerprint density at radius 3 is 2.63 bits per heavy atom. The molecule has 2 atom stereocenters. The molecule has 0 radical (unpaired) electrons. The molecule has 4 nitrogen and oxygen atoms in total. The average Bonchev–Trinajstić information content (AvgIpc) is 2.73. The summed E-state index contributed by atoms with van der Waals surface area (Å²) in [6, 6.07) is 3.61. The first kappa shape index (κ1) is 14.3. The Balaban J connectivity index is 2.17. The molecule has 6 heteroatoms. The SMILES string of the molecule is COc1ccc(S(=O)(=O)NC2CCC(C)C2)cc1F. The first-order valence-corrected chi connectivity index (χ1v) is 7.76. The largest absolute Gasteiger partial charge is 0.494 e. The van der Waals surface area contributed by atoms with Crippen molar-refractivity contribution in [1.82, 2.24) is 4.72 Å². The molecule has 1 N–H and O–H groups in total. The van der Waals surface area contributed by atoms with Crippen LogP contribution in [0.2, 0.25) is 0 Å². The van der Waals surface area contributed by atoms with Gasteiger partial charge in [0, 0.05) is 6.04 Å². The lowest BCUT2D eigenvalue weighted by atomic mass is 10.1. The summed E-state index contributed by atoms with van der Waals surface area (Å²) in [6.45, 7) is 2.10. The van der Waals surface area contributed by atoms with Crippen molar-refractivity contribution in [3.05, 3.63) is 24.0 Å². The molecule has 1 aliphatic rings. The summed E-state index contributed by atoms with van der Waals surface area (Å²) in [5, 5.41) is 0. The fraction of sp³-hybridized carbons (Fsp3) is 0.538. The van der Waals surface area contributed by atoms with Crippen LogP contribution in [-0.4, -0.2) is 21.6 Å². The van der Waals surface area contributed by atoms with Gasteiger partial charge in [0.1, 0.15) is 0 Å². The van der Waals surface area contributed by atoms with Gasteiger partial charge in [0.25, 0.3) is 0 Å². The van der Waals surface area contributed by atoms with Gasteiger partial charge in [-0.3, -0.25) is 0 Å². The van der Waals surface area contributed by atoms with E-state index >= 15 is 0 Å². The zero-order valence-electron chi connectivity index (χ0n) is 11.0. The van der Waals surface area contributed by atoms with E-state index in [-0.39, 0.29) is 16.7 Å². The van der Waals surface area contributed by atoms with Crippen molar-refractivity contribution in [1.29, 1.82) is 0 Å². The molecular weight excluding hydrogens is 269 g/mol. The van der Waals surface area contributed by atoms with Crippen LogP contribution >= 0.6 is 0 Å². The molecular formula is C13H18FNO3S. The minimum atomic E-state index is -3.66. The Labute approximate surface area is 113 Å². The molecule has 0 spiro atoms. The van der Waals surface area contributed by atoms with Crippen molar-refractivity contribution < 1.29 is 17.5 Å². The molecule has 1 fully saturated rings. The number of methoxy groups -OCH3 is 1. The third kappa shape index (κ3) is 3.25. The summed E-state index contributed by atoms with van der Waals surface area (Å²) >= 11 is 0. The molecule has 2 rings (SSSR count). The third-order valence-electron chi connectivity index (χ3n) is 3.45. The second-order valence-corrected chi connectivity index (χ2v) is 6.75. The number of ether oxygens (including phenoxy) is 1. The van der Waals surface area contributed by atoms with Gasteiger partial charge in [-0.05, 0) is 43.4 Å². The van der Waals surface area contributed by atoms with Gasteiger partial charge in [0.2, 0.25) is 10.0 Å². The molecule has 0 bridgehead atoms. The quantitative estimate of drug-likeness (QED) is 0.924. The second-order valence-electron chi connectivity index (χ2n) is 5.03. The number of rotatable bonds is 4. The van der Waals surface area contributed by atoms with E-state index in [0.717, 1.165) is 25.3 Å². The lowest BCUT2D eigenvalue weighted by Gasteiger charge is -2.13. The number of nitrogens with one attached hydrogen (secondary N) is 1. The maximum absolute atomic E-state index is 13.5. The van der Waals surface area contributed by atoms with Crippen LogP contribution in [-0.2, 0) is 10.0 Å². The molecule has 2 unspecified atom stereocenters. The van der Waals surface area contributed by atoms with Crippen LogP contribution in [0.1, 0.15) is 26.2 Å². The molecule has 0 heterocycles. The van der Waals surface area contributed by atoms with Crippen molar-refractivity contribution in [2.75, 3.05) is 7.11 Å². The summed E-state index contributed by atoms with van der Waals surface area (Å²) in [6.07, 6.45) is 2.68. The van der Waals surface area contributed by atoms with Crippen molar-refractivity contribution in [3.8, 4) is 5.75 Å². The van der Waals surface area contributed by atoms with Gasteiger partial charge in [-0.15, -0.1) is 0 Å². The molecule has 19 heavy (non-hydrogen) atoms. The van der Waals surface area contributed by atoms with E-state index < -0.39 is 15.8 Å². The Hall–Kier alpha value is -1.14. The fourth-order valence-corrected chi connectivity index (χ4v) is 3.71. The van der Waals surface area contributed by atoms with Crippen LogP contribution in [0.4, 0.5) is 4.39 Å². The fourth-order valence-electron chi connectivity index (χ4n) is 2.42. The highest BCUT2D eigenvalue weighted by Crippen LogP contribution is 2.27. The summed E-state index contributed by atoms with van der Waals surface area (Å²) in [5.74, 6) is -0.112. The van der Waals surface area contributed by atoms with E-state index in [9.17, 15) is 12.8 Å². The molecule has 0 aliphatic heterocycles. The normalized spacial score (nSPS) is 23.5. The maximum atomic E-state index is 13.5. The van der Waals surface area contributed by atoms with Crippen LogP contribution in [0.15, 0.2) is 23.1 Å². The van der Waals surface area contributed by atoms with Gasteiger partial charge >= 0.3 is 0 Å². The van der Waals surface area contributed by atoms with Crippen molar-refractivity contribution in [3.63, 3.8) is 0 Å². The molecule has 0 amide bonds. The zero-order chi connectivity index (χ0) is 14.0. The number of benzene rings is 1. The Morgan fingerprint density at radius 1 is 1.37 bits per heavy atom. The summed E-state index contributed by atoms with van der Waals surface area (Å²) in [5.41, 5.74) is 0. The first-order valence-electron chi connectivity index (χ1n) is 6.28. The van der Waals surface area contributed by atoms with Crippen LogP contribution in [0, 0.1) is 11.7 Å². The summed E-state index contributed by atoms with van der Waals surface area (Å²) < 4.78 is 45.2. The topological polar surface area (TPSA) is 55.4 Å². The Bertz CT molecular complexity index is 559. The molecule has 1 aromatic rings. The number of hydrogen-bond acceptors (Lipinski definition) is 3. The highest BCUT2D eigenvalue weighted by Gasteiger charge is 2.26. The van der Waals surface area contributed by atoms with E-state index in [4.69, 9.17) is 4.74 Å². The van der Waals surface area contributed by atoms with Gasteiger partial charge in [-0.1, -0.05) is 6.92 Å². The van der Waals surface area contributed by atoms with Crippen LogP contribution < -0.4 is 9.46 Å². The van der Waals surface area contributed by atoms with Crippen molar-refractivity contribution in [2.45, 2.75) is 37.1 Å². The monoisotopic (exact) mass is 287 g/mol. The minimum Gasteiger partial charge on any atom is -0.494 e. The Kier molecular flexibility index (Phi) is 4.10. The first-order chi connectivity index (χ1) is 8.92. The number of hydrogen-bond donors (Lipinski definition) is 1. The lowest BCUT2D eigenvalue weighted by molar-refractivity contribution is 0.385. The highest BCUT2D eigenvalue weighted by molar-refractivity contribution is 7.89. The molecule has 0 aromatic heterocycles. The predicted octanol–water partition coefficient (Wildman–Crippen LogP) is 2.30. The maximum Gasteiger partial charge on any atom is 0.240 e. The zero-order valence-corrected chi connectivity index (χ0v) is 11.8. The van der Waals surface area contributed by atoms with E-state index in [0.29, 0.717) is 5.92 Å². The van der Waals surface area contributed by atoms with E-state index in [1.807, 2.05) is 0 Å². The van der Waals surface area contributed by atoms with Crippen LogP contribution in [0.5, 0.6) is 5.75 Å². The predicted molar refractivity (Wildman–Crippen MR) is 70.1 cm³/mol. The minimum absolute atomic E-state index is 0.0356. The lowest BCUT2D eigenvalue weighted by Crippen LogP contribution is -2.33. The van der Waals surface area contributed by atoms with E-state index in [2.05, 4.69) is 11.6 Å². The number of halogens is 1. The number of sulfonamides is 1. The molecule has 1 aliphatic carbocycles. The average molecular weight is 287 g/mol. The molecule has 0 saturated heterocycles. The molecule has 1 aromatic carbocycles. The van der Waals surface area contributed by atoms with Crippen molar-refractivity contribution >= 4 is 10.0 Å². The van der Waals surface area contributed by atoms with Crippen LogP contribution in [0.25, 0.3) is 0 Å². The van der Waals surface area contributed by atoms with Gasteiger partial charge < -0.3 is 4.74 Å². The summed E-state index contributed by atoms with van der Waals surface area (Å²) in [7, 11) is -2.32. The van der Waals surface area contributed by atoms with Gasteiger partial charge in [0.15, 0.2) is 11.6 Å². The van der Waals surface area contributed by atoms with Gasteiger partial charge in [-0.2, -0.15) is 0 Å². The van der Waals surface area contributed by atoms with Crippen molar-refractivity contribution in [2.24, 2.45) is 5.92 Å². The molecule has 1 saturated carbocycles. The van der Waals surface area contributed by atoms with Gasteiger partial charge in [-0.25, -0.2) is 17.5 Å². The third-order valence-corrected chi connectivity index (χ3v) is 4.97. The van der Waals surface area contributed by atoms with Crippen LogP contribution in [0.3, 0.4) is 0 Å². The Morgan fingerprint density at radius 2 is 2.11 bits per heavy atom. The standard InChI is InChI=1S/C13H18FNO3S/c1-9-3-4-10(7-9)15-19(16,17)11-5-6-13(18-2)12(14)8-11/h5-6,8-10,15H,3-4,7H2,1-2H3. The molecule has 106 valence electrons. The highest BCUT2D eigenvalue weighted by atomic mass is 32.2. The van der Waals surface area contributed by atoms with E-state index in [1.54, 1.807) is 0 Å². The smallest absolute Gasteiger partial charge is 0.240 e.